The summed E-state index contributed by atoms with van der Waals surface area (Å²) in [6.07, 6.45) is 0. The number of nitrogens with zero attached hydrogens (tertiary/aromatic N) is 1. The zero-order chi connectivity index (χ0) is 15.0. The molecule has 0 radical (unpaired) electrons. The van der Waals surface area contributed by atoms with Crippen molar-refractivity contribution in [2.24, 2.45) is 0 Å². The van der Waals surface area contributed by atoms with Gasteiger partial charge >= 0.3 is 0 Å². The summed E-state index contributed by atoms with van der Waals surface area (Å²) in [5, 5.41) is 3.92. The SMILES string of the molecule is Cc1ccc2[nH]c(C(=O)Nc3cccc(C)n3)c(C)c2c1. The number of aryl methyl sites for hydroxylation is 3. The van der Waals surface area contributed by atoms with Gasteiger partial charge in [-0.25, -0.2) is 4.98 Å². The van der Waals surface area contributed by atoms with Crippen molar-refractivity contribution >= 4 is 22.6 Å². The van der Waals surface area contributed by atoms with Crippen LogP contribution in [0.2, 0.25) is 0 Å². The van der Waals surface area contributed by atoms with Crippen LogP contribution in [-0.4, -0.2) is 15.9 Å². The number of rotatable bonds is 2. The molecule has 3 rings (SSSR count). The molecule has 2 heterocycles. The Morgan fingerprint density at radius 3 is 2.71 bits per heavy atom. The van der Waals surface area contributed by atoms with Crippen LogP contribution in [0.4, 0.5) is 5.82 Å². The van der Waals surface area contributed by atoms with Gasteiger partial charge in [0.1, 0.15) is 11.5 Å². The van der Waals surface area contributed by atoms with Gasteiger partial charge < -0.3 is 10.3 Å². The molecular weight excluding hydrogens is 262 g/mol. The van der Waals surface area contributed by atoms with Gasteiger partial charge in [-0.2, -0.15) is 0 Å². The lowest BCUT2D eigenvalue weighted by molar-refractivity contribution is 0.102. The van der Waals surface area contributed by atoms with Crippen LogP contribution in [0.25, 0.3) is 10.9 Å². The van der Waals surface area contributed by atoms with Crippen molar-refractivity contribution in [2.45, 2.75) is 20.8 Å². The summed E-state index contributed by atoms with van der Waals surface area (Å²) in [7, 11) is 0. The second kappa shape index (κ2) is 5.05. The number of aromatic nitrogens is 2. The fraction of sp³-hybridized carbons (Fsp3) is 0.176. The average molecular weight is 279 g/mol. The maximum Gasteiger partial charge on any atom is 0.273 e. The highest BCUT2D eigenvalue weighted by Crippen LogP contribution is 2.23. The molecule has 4 heteroatoms. The minimum absolute atomic E-state index is 0.167. The Kier molecular flexibility index (Phi) is 3.22. The van der Waals surface area contributed by atoms with Gasteiger partial charge in [0.25, 0.3) is 5.91 Å². The third kappa shape index (κ3) is 2.52. The van der Waals surface area contributed by atoms with Crippen molar-refractivity contribution in [1.29, 1.82) is 0 Å². The van der Waals surface area contributed by atoms with Crippen LogP contribution in [0.1, 0.15) is 27.3 Å². The Bertz CT molecular complexity index is 833. The number of hydrogen-bond acceptors (Lipinski definition) is 2. The second-order valence-corrected chi connectivity index (χ2v) is 5.29. The first-order chi connectivity index (χ1) is 10.0. The highest BCUT2D eigenvalue weighted by atomic mass is 16.1. The molecule has 0 saturated heterocycles. The molecule has 0 fully saturated rings. The van der Waals surface area contributed by atoms with Crippen LogP contribution in [0, 0.1) is 20.8 Å². The van der Waals surface area contributed by atoms with Gasteiger partial charge in [0.2, 0.25) is 0 Å². The van der Waals surface area contributed by atoms with Crippen LogP contribution in [0.15, 0.2) is 36.4 Å². The maximum atomic E-state index is 12.4. The predicted octanol–water partition coefficient (Wildman–Crippen LogP) is 3.74. The van der Waals surface area contributed by atoms with E-state index in [1.807, 2.05) is 45.0 Å². The van der Waals surface area contributed by atoms with Gasteiger partial charge in [0.15, 0.2) is 0 Å². The highest BCUT2D eigenvalue weighted by Gasteiger charge is 2.15. The van der Waals surface area contributed by atoms with Crippen molar-refractivity contribution in [3.05, 3.63) is 58.9 Å². The summed E-state index contributed by atoms with van der Waals surface area (Å²) in [6, 6.07) is 11.7. The van der Waals surface area contributed by atoms with Gasteiger partial charge in [-0.1, -0.05) is 17.7 Å². The van der Waals surface area contributed by atoms with E-state index in [0.717, 1.165) is 22.2 Å². The molecule has 0 spiro atoms. The van der Waals surface area contributed by atoms with Crippen molar-refractivity contribution in [3.8, 4) is 0 Å². The molecule has 21 heavy (non-hydrogen) atoms. The smallest absolute Gasteiger partial charge is 0.273 e. The Hall–Kier alpha value is -2.62. The molecule has 4 nitrogen and oxygen atoms in total. The minimum Gasteiger partial charge on any atom is -0.350 e. The number of benzene rings is 1. The molecule has 0 unspecified atom stereocenters. The van der Waals surface area contributed by atoms with Crippen molar-refractivity contribution in [1.82, 2.24) is 9.97 Å². The van der Waals surface area contributed by atoms with Crippen LogP contribution < -0.4 is 5.32 Å². The number of amides is 1. The molecule has 2 N–H and O–H groups in total. The number of H-pyrrole nitrogens is 1. The molecule has 3 aromatic rings. The second-order valence-electron chi connectivity index (χ2n) is 5.29. The fourth-order valence-electron chi connectivity index (χ4n) is 2.46. The molecule has 2 aromatic heterocycles. The van der Waals surface area contributed by atoms with Crippen LogP contribution in [0.3, 0.4) is 0 Å². The molecule has 0 bridgehead atoms. The number of carbonyl (C=O) groups is 1. The molecule has 0 saturated carbocycles. The van der Waals surface area contributed by atoms with Gasteiger partial charge in [-0.15, -0.1) is 0 Å². The Balaban J connectivity index is 1.96. The van der Waals surface area contributed by atoms with E-state index in [9.17, 15) is 4.79 Å². The maximum absolute atomic E-state index is 12.4. The Labute approximate surface area is 123 Å². The number of pyridine rings is 1. The van der Waals surface area contributed by atoms with E-state index in [4.69, 9.17) is 0 Å². The topological polar surface area (TPSA) is 57.8 Å². The summed E-state index contributed by atoms with van der Waals surface area (Å²) < 4.78 is 0. The molecule has 0 aliphatic heterocycles. The fourth-order valence-corrected chi connectivity index (χ4v) is 2.46. The number of anilines is 1. The zero-order valence-electron chi connectivity index (χ0n) is 12.3. The first-order valence-corrected chi connectivity index (χ1v) is 6.88. The molecule has 0 atom stereocenters. The van der Waals surface area contributed by atoms with E-state index in [1.54, 1.807) is 6.07 Å². The van der Waals surface area contributed by atoms with E-state index < -0.39 is 0 Å². The Morgan fingerprint density at radius 1 is 1.14 bits per heavy atom. The summed E-state index contributed by atoms with van der Waals surface area (Å²) >= 11 is 0. The lowest BCUT2D eigenvalue weighted by Gasteiger charge is -2.04. The van der Waals surface area contributed by atoms with Gasteiger partial charge in [0, 0.05) is 16.6 Å². The molecular formula is C17H17N3O. The van der Waals surface area contributed by atoms with E-state index >= 15 is 0 Å². The molecule has 0 aliphatic rings. The highest BCUT2D eigenvalue weighted by molar-refractivity contribution is 6.07. The average Bonchev–Trinajstić information content (AvgIpc) is 2.76. The number of nitrogens with one attached hydrogen (secondary N) is 2. The third-order valence-electron chi connectivity index (χ3n) is 3.57. The van der Waals surface area contributed by atoms with Crippen molar-refractivity contribution < 1.29 is 4.79 Å². The number of carbonyl (C=O) groups excluding carboxylic acids is 1. The van der Waals surface area contributed by atoms with E-state index in [1.165, 1.54) is 5.56 Å². The summed E-state index contributed by atoms with van der Waals surface area (Å²) in [4.78, 5) is 19.9. The first-order valence-electron chi connectivity index (χ1n) is 6.88. The van der Waals surface area contributed by atoms with Gasteiger partial charge in [-0.3, -0.25) is 4.79 Å². The predicted molar refractivity (Wildman–Crippen MR) is 84.7 cm³/mol. The number of fused-ring (bicyclic) bond motifs is 1. The summed E-state index contributed by atoms with van der Waals surface area (Å²) in [5.74, 6) is 0.397. The van der Waals surface area contributed by atoms with Crippen molar-refractivity contribution in [2.75, 3.05) is 5.32 Å². The molecule has 1 aromatic carbocycles. The van der Waals surface area contributed by atoms with Gasteiger partial charge in [-0.05, 0) is 50.6 Å². The molecule has 1 amide bonds. The number of hydrogen-bond donors (Lipinski definition) is 2. The van der Waals surface area contributed by atoms with E-state index in [0.29, 0.717) is 11.5 Å². The summed E-state index contributed by atoms with van der Waals surface area (Å²) in [6.45, 7) is 5.89. The monoisotopic (exact) mass is 279 g/mol. The lowest BCUT2D eigenvalue weighted by atomic mass is 10.1. The standard InChI is InChI=1S/C17H17N3O/c1-10-7-8-14-13(9-10)12(3)16(19-14)17(21)20-15-6-4-5-11(2)18-15/h4-9,19H,1-3H3,(H,18,20,21). The first kappa shape index (κ1) is 13.4. The van der Waals surface area contributed by atoms with Gasteiger partial charge in [0.05, 0.1) is 0 Å². The third-order valence-corrected chi connectivity index (χ3v) is 3.57. The van der Waals surface area contributed by atoms with Crippen molar-refractivity contribution in [3.63, 3.8) is 0 Å². The van der Waals surface area contributed by atoms with E-state index in [2.05, 4.69) is 21.4 Å². The summed E-state index contributed by atoms with van der Waals surface area (Å²) in [5.41, 5.74) is 4.56. The van der Waals surface area contributed by atoms with Crippen LogP contribution in [-0.2, 0) is 0 Å². The Morgan fingerprint density at radius 2 is 1.95 bits per heavy atom. The quantitative estimate of drug-likeness (QED) is 0.750. The van der Waals surface area contributed by atoms with Crippen LogP contribution in [0.5, 0.6) is 0 Å². The largest absolute Gasteiger partial charge is 0.350 e. The number of aromatic amines is 1. The minimum atomic E-state index is -0.167. The lowest BCUT2D eigenvalue weighted by Crippen LogP contribution is -2.14. The van der Waals surface area contributed by atoms with E-state index in [-0.39, 0.29) is 5.91 Å². The van der Waals surface area contributed by atoms with Crippen LogP contribution >= 0.6 is 0 Å². The molecule has 0 aliphatic carbocycles. The molecule has 106 valence electrons. The zero-order valence-corrected chi connectivity index (χ0v) is 12.3. The normalized spacial score (nSPS) is 10.8.